The molecule has 1 fully saturated rings. The largest absolute Gasteiger partial charge is 0.388 e. The number of hydrogen-bond acceptors (Lipinski definition) is 4. The molecule has 1 unspecified atom stereocenters. The van der Waals surface area contributed by atoms with Gasteiger partial charge in [-0.3, -0.25) is 4.98 Å². The van der Waals surface area contributed by atoms with Gasteiger partial charge in [-0.15, -0.1) is 0 Å². The van der Waals surface area contributed by atoms with Crippen LogP contribution in [0.1, 0.15) is 18.1 Å². The molecule has 2 rings (SSSR count). The summed E-state index contributed by atoms with van der Waals surface area (Å²) in [6, 6.07) is 1.26. The first-order valence-corrected chi connectivity index (χ1v) is 4.77. The highest BCUT2D eigenvalue weighted by molar-refractivity contribution is 5.13. The van der Waals surface area contributed by atoms with E-state index in [0.717, 1.165) is 6.20 Å². The molecule has 82 valence electrons. The monoisotopic (exact) mass is 213 g/mol. The molecule has 1 atom stereocenters. The molecule has 4 nitrogen and oxygen atoms in total. The van der Waals surface area contributed by atoms with Crippen molar-refractivity contribution in [2.45, 2.75) is 18.8 Å². The molecular formula is C10H12FNO3. The number of aliphatic hydroxyl groups is 1. The Hall–Kier alpha value is -1.04. The van der Waals surface area contributed by atoms with Crippen LogP contribution in [-0.2, 0) is 9.47 Å². The van der Waals surface area contributed by atoms with Gasteiger partial charge in [-0.05, 0) is 6.07 Å². The van der Waals surface area contributed by atoms with Gasteiger partial charge in [-0.1, -0.05) is 0 Å². The van der Waals surface area contributed by atoms with E-state index >= 15 is 0 Å². The van der Waals surface area contributed by atoms with Crippen molar-refractivity contribution in [1.29, 1.82) is 0 Å². The summed E-state index contributed by atoms with van der Waals surface area (Å²) in [5.74, 6) is -0.459. The van der Waals surface area contributed by atoms with Crippen molar-refractivity contribution in [2.75, 3.05) is 13.2 Å². The third-order valence-corrected chi connectivity index (χ3v) is 2.22. The van der Waals surface area contributed by atoms with E-state index < -0.39 is 18.2 Å². The predicted octanol–water partition coefficient (Wildman–Crippen LogP) is 1.02. The Bertz CT molecular complexity index is 328. The first-order chi connectivity index (χ1) is 7.25. The summed E-state index contributed by atoms with van der Waals surface area (Å²) in [7, 11) is 0. The van der Waals surface area contributed by atoms with Crippen LogP contribution >= 0.6 is 0 Å². The zero-order valence-corrected chi connectivity index (χ0v) is 8.10. The molecule has 1 N–H and O–H groups in total. The fourth-order valence-corrected chi connectivity index (χ4v) is 1.47. The summed E-state index contributed by atoms with van der Waals surface area (Å²) < 4.78 is 23.2. The first-order valence-electron chi connectivity index (χ1n) is 4.77. The van der Waals surface area contributed by atoms with E-state index in [0.29, 0.717) is 25.2 Å². The summed E-state index contributed by atoms with van der Waals surface area (Å²) in [5.41, 5.74) is 0.439. The summed E-state index contributed by atoms with van der Waals surface area (Å²) in [5, 5.41) is 9.74. The summed E-state index contributed by atoms with van der Waals surface area (Å²) in [6.45, 7) is 1.08. The fraction of sp³-hybridized carbons (Fsp3) is 0.500. The van der Waals surface area contributed by atoms with Crippen molar-refractivity contribution >= 4 is 0 Å². The van der Waals surface area contributed by atoms with Gasteiger partial charge in [0.2, 0.25) is 0 Å². The summed E-state index contributed by atoms with van der Waals surface area (Å²) in [6.07, 6.45) is 1.62. The minimum Gasteiger partial charge on any atom is -0.388 e. The Morgan fingerprint density at radius 2 is 2.20 bits per heavy atom. The molecular weight excluding hydrogens is 201 g/mol. The van der Waals surface area contributed by atoms with E-state index in [1.807, 2.05) is 0 Å². The molecule has 0 spiro atoms. The van der Waals surface area contributed by atoms with Gasteiger partial charge in [-0.25, -0.2) is 4.39 Å². The third-order valence-electron chi connectivity index (χ3n) is 2.22. The number of pyridine rings is 1. The molecule has 0 amide bonds. The van der Waals surface area contributed by atoms with Crippen LogP contribution in [0.2, 0.25) is 0 Å². The van der Waals surface area contributed by atoms with Crippen molar-refractivity contribution < 1.29 is 19.0 Å². The number of halogens is 1. The molecule has 0 saturated carbocycles. The molecule has 1 aliphatic heterocycles. The second kappa shape index (κ2) is 4.65. The number of hydrogen-bond donors (Lipinski definition) is 1. The Kier molecular flexibility index (Phi) is 3.25. The van der Waals surface area contributed by atoms with Crippen molar-refractivity contribution in [3.63, 3.8) is 0 Å². The minimum atomic E-state index is -0.809. The van der Waals surface area contributed by atoms with Gasteiger partial charge in [0.1, 0.15) is 5.82 Å². The van der Waals surface area contributed by atoms with Crippen LogP contribution in [0.25, 0.3) is 0 Å². The van der Waals surface area contributed by atoms with Crippen LogP contribution in [0.15, 0.2) is 18.5 Å². The van der Waals surface area contributed by atoms with Crippen LogP contribution in [-0.4, -0.2) is 29.6 Å². The maximum atomic E-state index is 12.8. The van der Waals surface area contributed by atoms with Gasteiger partial charge in [0, 0.05) is 18.2 Å². The Morgan fingerprint density at radius 3 is 2.87 bits per heavy atom. The Labute approximate surface area is 86.7 Å². The lowest BCUT2D eigenvalue weighted by atomic mass is 10.1. The zero-order valence-electron chi connectivity index (χ0n) is 8.10. The van der Waals surface area contributed by atoms with Crippen molar-refractivity contribution in [1.82, 2.24) is 4.98 Å². The third kappa shape index (κ3) is 2.71. The molecule has 1 aromatic rings. The number of rotatable bonds is 3. The smallest absolute Gasteiger partial charge is 0.160 e. The highest BCUT2D eigenvalue weighted by Crippen LogP contribution is 2.21. The van der Waals surface area contributed by atoms with Crippen LogP contribution in [0, 0.1) is 5.82 Å². The molecule has 1 aromatic heterocycles. The van der Waals surface area contributed by atoms with Gasteiger partial charge in [0.15, 0.2) is 6.29 Å². The van der Waals surface area contributed by atoms with E-state index in [2.05, 4.69) is 4.98 Å². The lowest BCUT2D eigenvalue weighted by molar-refractivity contribution is -0.0708. The van der Waals surface area contributed by atoms with Crippen LogP contribution in [0.4, 0.5) is 4.39 Å². The SMILES string of the molecule is OC(CC1OCCO1)c1cncc(F)c1. The van der Waals surface area contributed by atoms with Crippen LogP contribution in [0.5, 0.6) is 0 Å². The van der Waals surface area contributed by atoms with Crippen LogP contribution in [0.3, 0.4) is 0 Å². The molecule has 0 bridgehead atoms. The molecule has 1 saturated heterocycles. The van der Waals surface area contributed by atoms with E-state index in [9.17, 15) is 9.50 Å². The number of nitrogens with zero attached hydrogens (tertiary/aromatic N) is 1. The van der Waals surface area contributed by atoms with E-state index in [1.54, 1.807) is 0 Å². The predicted molar refractivity (Wildman–Crippen MR) is 49.5 cm³/mol. The molecule has 0 aromatic carbocycles. The van der Waals surface area contributed by atoms with Crippen molar-refractivity contribution in [2.24, 2.45) is 0 Å². The standard InChI is InChI=1S/C10H12FNO3/c11-8-3-7(5-12-6-8)9(13)4-10-14-1-2-15-10/h3,5-6,9-10,13H,1-2,4H2. The Balaban J connectivity index is 1.97. The highest BCUT2D eigenvalue weighted by Gasteiger charge is 2.21. The lowest BCUT2D eigenvalue weighted by Crippen LogP contribution is -2.13. The molecule has 1 aliphatic rings. The number of aliphatic hydroxyl groups excluding tert-OH is 1. The second-order valence-electron chi connectivity index (χ2n) is 3.36. The maximum Gasteiger partial charge on any atom is 0.160 e. The highest BCUT2D eigenvalue weighted by atomic mass is 19.1. The average Bonchev–Trinajstić information content (AvgIpc) is 2.70. The summed E-state index contributed by atoms with van der Waals surface area (Å²) in [4.78, 5) is 3.66. The Morgan fingerprint density at radius 1 is 1.47 bits per heavy atom. The van der Waals surface area contributed by atoms with E-state index in [4.69, 9.17) is 9.47 Å². The maximum absolute atomic E-state index is 12.8. The second-order valence-corrected chi connectivity index (χ2v) is 3.36. The molecule has 2 heterocycles. The molecule has 0 aliphatic carbocycles. The van der Waals surface area contributed by atoms with Gasteiger partial charge in [-0.2, -0.15) is 0 Å². The van der Waals surface area contributed by atoms with Crippen molar-refractivity contribution in [3.8, 4) is 0 Å². The van der Waals surface area contributed by atoms with Gasteiger partial charge in [0.25, 0.3) is 0 Å². The van der Waals surface area contributed by atoms with Gasteiger partial charge >= 0.3 is 0 Å². The quantitative estimate of drug-likeness (QED) is 0.814. The lowest BCUT2D eigenvalue weighted by Gasteiger charge is -2.14. The number of ether oxygens (including phenoxy) is 2. The topological polar surface area (TPSA) is 51.6 Å². The van der Waals surface area contributed by atoms with Gasteiger partial charge < -0.3 is 14.6 Å². The zero-order chi connectivity index (χ0) is 10.7. The first kappa shape index (κ1) is 10.5. The van der Waals surface area contributed by atoms with E-state index in [-0.39, 0.29) is 0 Å². The minimum absolute atomic E-state index is 0.297. The molecule has 5 heteroatoms. The molecule has 15 heavy (non-hydrogen) atoms. The van der Waals surface area contributed by atoms with Crippen molar-refractivity contribution in [3.05, 3.63) is 29.8 Å². The summed E-state index contributed by atoms with van der Waals surface area (Å²) >= 11 is 0. The van der Waals surface area contributed by atoms with Gasteiger partial charge in [0.05, 0.1) is 25.5 Å². The number of aromatic nitrogens is 1. The fourth-order valence-electron chi connectivity index (χ4n) is 1.47. The van der Waals surface area contributed by atoms with Crippen LogP contribution < -0.4 is 0 Å². The average molecular weight is 213 g/mol. The molecule has 0 radical (unpaired) electrons. The normalized spacial score (nSPS) is 19.3. The van der Waals surface area contributed by atoms with E-state index in [1.165, 1.54) is 12.3 Å².